The Morgan fingerprint density at radius 3 is 2.51 bits per heavy atom. The van der Waals surface area contributed by atoms with E-state index in [4.69, 9.17) is 14.2 Å². The summed E-state index contributed by atoms with van der Waals surface area (Å²) in [6.07, 6.45) is 0. The van der Waals surface area contributed by atoms with Crippen molar-refractivity contribution in [1.29, 1.82) is 0 Å². The third-order valence-corrected chi connectivity index (χ3v) is 9.79. The number of benzene rings is 2. The summed E-state index contributed by atoms with van der Waals surface area (Å²) < 4.78 is 45.1. The van der Waals surface area contributed by atoms with Crippen molar-refractivity contribution < 1.29 is 27.4 Å². The SMILES string of the molecule is Cc1ccsc1CN(Cc1ccc2c(c1)OCO2)C(=O)CN(CCN1CCOCC1)S(=O)(=O)c1ccccc1. The maximum atomic E-state index is 13.9. The molecule has 39 heavy (non-hydrogen) atoms. The van der Waals surface area contributed by atoms with E-state index in [9.17, 15) is 13.2 Å². The molecule has 5 rings (SSSR count). The highest BCUT2D eigenvalue weighted by molar-refractivity contribution is 7.89. The minimum absolute atomic E-state index is 0.172. The van der Waals surface area contributed by atoms with Crippen LogP contribution in [0, 0.1) is 6.92 Å². The highest BCUT2D eigenvalue weighted by atomic mass is 32.2. The Balaban J connectivity index is 1.39. The third-order valence-electron chi connectivity index (χ3n) is 6.93. The molecule has 0 unspecified atom stereocenters. The monoisotopic (exact) mass is 571 g/mol. The first-order chi connectivity index (χ1) is 18.9. The van der Waals surface area contributed by atoms with Crippen molar-refractivity contribution in [3.05, 3.63) is 76.0 Å². The van der Waals surface area contributed by atoms with E-state index in [1.165, 1.54) is 4.31 Å². The fourth-order valence-electron chi connectivity index (χ4n) is 4.59. The molecule has 1 amide bonds. The summed E-state index contributed by atoms with van der Waals surface area (Å²) >= 11 is 1.59. The third kappa shape index (κ3) is 6.79. The van der Waals surface area contributed by atoms with Gasteiger partial charge in [0, 0.05) is 37.6 Å². The molecule has 1 aromatic heterocycles. The van der Waals surface area contributed by atoms with Crippen LogP contribution in [0.4, 0.5) is 0 Å². The molecule has 2 aromatic carbocycles. The van der Waals surface area contributed by atoms with Crippen LogP contribution >= 0.6 is 11.3 Å². The smallest absolute Gasteiger partial charge is 0.243 e. The number of hydrogen-bond donors (Lipinski definition) is 0. The molecule has 11 heteroatoms. The van der Waals surface area contributed by atoms with Crippen LogP contribution < -0.4 is 9.47 Å². The van der Waals surface area contributed by atoms with Crippen molar-refractivity contribution in [2.24, 2.45) is 0 Å². The molecule has 0 bridgehead atoms. The highest BCUT2D eigenvalue weighted by Gasteiger charge is 2.30. The molecule has 2 aliphatic heterocycles. The summed E-state index contributed by atoms with van der Waals surface area (Å²) in [6, 6.07) is 16.0. The molecular formula is C28H33N3O6S2. The van der Waals surface area contributed by atoms with E-state index in [0.717, 1.165) is 29.1 Å². The number of amides is 1. The van der Waals surface area contributed by atoms with E-state index in [1.807, 2.05) is 36.6 Å². The largest absolute Gasteiger partial charge is 0.454 e. The molecule has 0 spiro atoms. The molecule has 0 aliphatic carbocycles. The number of thiophene rings is 1. The van der Waals surface area contributed by atoms with E-state index in [2.05, 4.69) is 4.90 Å². The number of carbonyl (C=O) groups excluding carboxylic acids is 1. The zero-order valence-corrected chi connectivity index (χ0v) is 23.6. The summed E-state index contributed by atoms with van der Waals surface area (Å²) in [5.41, 5.74) is 1.98. The van der Waals surface area contributed by atoms with Crippen molar-refractivity contribution in [2.75, 3.05) is 52.7 Å². The minimum atomic E-state index is -3.89. The van der Waals surface area contributed by atoms with Gasteiger partial charge in [0.15, 0.2) is 11.5 Å². The molecule has 2 aliphatic rings. The first-order valence-corrected chi connectivity index (χ1v) is 15.3. The molecule has 0 radical (unpaired) electrons. The fraction of sp³-hybridized carbons (Fsp3) is 0.393. The molecule has 3 aromatic rings. The maximum Gasteiger partial charge on any atom is 0.243 e. The number of hydrogen-bond acceptors (Lipinski definition) is 8. The maximum absolute atomic E-state index is 13.9. The standard InChI is InChI=1S/C28H33N3O6S2/c1-22-9-16-38-27(22)19-30(18-23-7-8-25-26(17-23)37-21-36-25)28(32)20-31(11-10-29-12-14-35-15-13-29)39(33,34)24-5-3-2-4-6-24/h2-9,16-17H,10-15,18-21H2,1H3. The van der Waals surface area contributed by atoms with Crippen molar-refractivity contribution >= 4 is 27.3 Å². The van der Waals surface area contributed by atoms with Crippen LogP contribution in [0.5, 0.6) is 11.5 Å². The van der Waals surface area contributed by atoms with Crippen LogP contribution in [-0.2, 0) is 32.6 Å². The van der Waals surface area contributed by atoms with Gasteiger partial charge in [-0.3, -0.25) is 9.69 Å². The molecule has 3 heterocycles. The highest BCUT2D eigenvalue weighted by Crippen LogP contribution is 2.33. The van der Waals surface area contributed by atoms with Crippen LogP contribution in [0.2, 0.25) is 0 Å². The predicted molar refractivity (Wildman–Crippen MR) is 148 cm³/mol. The zero-order chi connectivity index (χ0) is 27.2. The molecule has 9 nitrogen and oxygen atoms in total. The van der Waals surface area contributed by atoms with E-state index >= 15 is 0 Å². The molecule has 0 atom stereocenters. The summed E-state index contributed by atoms with van der Waals surface area (Å²) in [5, 5.41) is 2.00. The zero-order valence-electron chi connectivity index (χ0n) is 22.0. The average Bonchev–Trinajstić information content (AvgIpc) is 3.59. The van der Waals surface area contributed by atoms with Gasteiger partial charge in [-0.25, -0.2) is 8.42 Å². The molecule has 208 valence electrons. The molecular weight excluding hydrogens is 538 g/mol. The van der Waals surface area contributed by atoms with Crippen molar-refractivity contribution in [3.63, 3.8) is 0 Å². The van der Waals surface area contributed by atoms with Crippen molar-refractivity contribution in [2.45, 2.75) is 24.9 Å². The van der Waals surface area contributed by atoms with Crippen LogP contribution in [-0.4, -0.2) is 81.2 Å². The fourth-order valence-corrected chi connectivity index (χ4v) is 6.91. The number of carbonyl (C=O) groups is 1. The lowest BCUT2D eigenvalue weighted by Crippen LogP contribution is -2.47. The van der Waals surface area contributed by atoms with Crippen LogP contribution in [0.25, 0.3) is 0 Å². The normalized spacial score (nSPS) is 15.5. The lowest BCUT2D eigenvalue weighted by atomic mass is 10.1. The topological polar surface area (TPSA) is 88.6 Å². The average molecular weight is 572 g/mol. The Morgan fingerprint density at radius 2 is 1.77 bits per heavy atom. The Bertz CT molecular complexity index is 1370. The quantitative estimate of drug-likeness (QED) is 0.349. The van der Waals surface area contributed by atoms with Gasteiger partial charge in [-0.05, 0) is 53.8 Å². The van der Waals surface area contributed by atoms with Gasteiger partial charge >= 0.3 is 0 Å². The van der Waals surface area contributed by atoms with E-state index in [1.54, 1.807) is 46.6 Å². The molecule has 1 saturated heterocycles. The van der Waals surface area contributed by atoms with Crippen molar-refractivity contribution in [3.8, 4) is 11.5 Å². The van der Waals surface area contributed by atoms with Gasteiger partial charge in [-0.1, -0.05) is 24.3 Å². The number of ether oxygens (including phenoxy) is 3. The lowest BCUT2D eigenvalue weighted by molar-refractivity contribution is -0.132. The van der Waals surface area contributed by atoms with Gasteiger partial charge in [0.05, 0.1) is 31.2 Å². The minimum Gasteiger partial charge on any atom is -0.454 e. The van der Waals surface area contributed by atoms with Gasteiger partial charge in [0.1, 0.15) is 0 Å². The lowest BCUT2D eigenvalue weighted by Gasteiger charge is -2.31. The van der Waals surface area contributed by atoms with Gasteiger partial charge in [0.2, 0.25) is 22.7 Å². The number of rotatable bonds is 11. The van der Waals surface area contributed by atoms with Crippen LogP contribution in [0.1, 0.15) is 16.0 Å². The van der Waals surface area contributed by atoms with Gasteiger partial charge in [-0.15, -0.1) is 11.3 Å². The number of nitrogens with zero attached hydrogens (tertiary/aromatic N) is 3. The van der Waals surface area contributed by atoms with E-state index in [0.29, 0.717) is 44.3 Å². The summed E-state index contributed by atoms with van der Waals surface area (Å²) in [6.45, 7) is 6.08. The van der Waals surface area contributed by atoms with Gasteiger partial charge in [0.25, 0.3) is 0 Å². The first-order valence-electron chi connectivity index (χ1n) is 12.9. The van der Waals surface area contributed by atoms with Crippen LogP contribution in [0.15, 0.2) is 64.9 Å². The van der Waals surface area contributed by atoms with E-state index < -0.39 is 10.0 Å². The van der Waals surface area contributed by atoms with Crippen LogP contribution in [0.3, 0.4) is 0 Å². The number of fused-ring (bicyclic) bond motifs is 1. The second-order valence-corrected chi connectivity index (χ2v) is 12.5. The second kappa shape index (κ2) is 12.5. The molecule has 1 fully saturated rings. The van der Waals surface area contributed by atoms with Crippen molar-refractivity contribution in [1.82, 2.24) is 14.1 Å². The van der Waals surface area contributed by atoms with E-state index in [-0.39, 0.29) is 30.7 Å². The second-order valence-electron chi connectivity index (χ2n) is 9.57. The Morgan fingerprint density at radius 1 is 1.00 bits per heavy atom. The Hall–Kier alpha value is -2.96. The van der Waals surface area contributed by atoms with Gasteiger partial charge in [-0.2, -0.15) is 4.31 Å². The summed E-state index contributed by atoms with van der Waals surface area (Å²) in [4.78, 5) is 19.0. The van der Waals surface area contributed by atoms with Gasteiger partial charge < -0.3 is 19.1 Å². The number of aryl methyl sites for hydroxylation is 1. The number of morpholine rings is 1. The Labute approximate surface area is 233 Å². The summed E-state index contributed by atoms with van der Waals surface area (Å²) in [7, 11) is -3.89. The first kappa shape index (κ1) is 27.6. The summed E-state index contributed by atoms with van der Waals surface area (Å²) in [5.74, 6) is 1.06. The molecule has 0 N–H and O–H groups in total. The number of sulfonamides is 1. The molecule has 0 saturated carbocycles. The predicted octanol–water partition coefficient (Wildman–Crippen LogP) is 3.34. The Kier molecular flexibility index (Phi) is 8.83.